The summed E-state index contributed by atoms with van der Waals surface area (Å²) in [5.74, 6) is -0.463. The zero-order valence-corrected chi connectivity index (χ0v) is 22.6. The molecule has 1 aliphatic heterocycles. The van der Waals surface area contributed by atoms with Crippen LogP contribution in [0, 0.1) is 0 Å². The number of piperidine rings is 1. The van der Waals surface area contributed by atoms with E-state index in [0.717, 1.165) is 49.8 Å². The summed E-state index contributed by atoms with van der Waals surface area (Å²) in [6.45, 7) is 1.78. The first-order valence-electron chi connectivity index (χ1n) is 12.8. The third-order valence-corrected chi connectivity index (χ3v) is 9.74. The molecule has 204 valence electrons. The summed E-state index contributed by atoms with van der Waals surface area (Å²) in [5.41, 5.74) is 0.603. The summed E-state index contributed by atoms with van der Waals surface area (Å²) < 4.78 is 26.9. The SMILES string of the molecule is O=CN1CCC(OCc2cnc(NC(=O)C(=NOC3CCCC3)c3ccc(S(O)(O)C4=CC4)cc3)s2)CC1. The monoisotopic (exact) mass is 560 g/mol. The maximum absolute atomic E-state index is 13.3. The maximum atomic E-state index is 13.3. The molecular formula is C26H32N4O6S2. The van der Waals surface area contributed by atoms with E-state index in [4.69, 9.17) is 9.57 Å². The normalized spacial score (nSPS) is 19.3. The van der Waals surface area contributed by atoms with Gasteiger partial charge >= 0.3 is 0 Å². The molecule has 0 radical (unpaired) electrons. The first-order valence-corrected chi connectivity index (χ1v) is 15.2. The summed E-state index contributed by atoms with van der Waals surface area (Å²) in [5, 5.41) is 7.46. The van der Waals surface area contributed by atoms with Gasteiger partial charge in [-0.05, 0) is 50.7 Å². The minimum Gasteiger partial charge on any atom is -0.392 e. The van der Waals surface area contributed by atoms with Gasteiger partial charge in [0, 0.05) is 36.2 Å². The molecule has 0 unspecified atom stereocenters. The number of ether oxygens (including phenoxy) is 1. The molecular weight excluding hydrogens is 528 g/mol. The Balaban J connectivity index is 1.24. The fraction of sp³-hybridized carbons (Fsp3) is 0.462. The Bertz CT molecular complexity index is 1200. The zero-order chi connectivity index (χ0) is 26.5. The van der Waals surface area contributed by atoms with Gasteiger partial charge < -0.3 is 14.5 Å². The molecule has 3 aliphatic rings. The van der Waals surface area contributed by atoms with Gasteiger partial charge in [-0.2, -0.15) is 0 Å². The fourth-order valence-corrected chi connectivity index (χ4v) is 6.61. The lowest BCUT2D eigenvalue weighted by Crippen LogP contribution is -2.35. The molecule has 2 aliphatic carbocycles. The molecule has 2 fully saturated rings. The van der Waals surface area contributed by atoms with Crippen LogP contribution >= 0.6 is 21.9 Å². The quantitative estimate of drug-likeness (QED) is 0.200. The topological polar surface area (TPSA) is 134 Å². The van der Waals surface area contributed by atoms with Crippen molar-refractivity contribution in [1.29, 1.82) is 0 Å². The number of hydrogen-bond donors (Lipinski definition) is 3. The summed E-state index contributed by atoms with van der Waals surface area (Å²) in [6, 6.07) is 6.53. The van der Waals surface area contributed by atoms with Crippen LogP contribution in [-0.2, 0) is 25.8 Å². The number of anilines is 1. The molecule has 2 amide bonds. The molecule has 1 aromatic heterocycles. The van der Waals surface area contributed by atoms with Gasteiger partial charge in [-0.25, -0.2) is 4.98 Å². The van der Waals surface area contributed by atoms with Gasteiger partial charge in [-0.15, -0.1) is 10.6 Å². The Morgan fingerprint density at radius 1 is 1.16 bits per heavy atom. The number of amides is 2. The molecule has 3 N–H and O–H groups in total. The van der Waals surface area contributed by atoms with Crippen LogP contribution < -0.4 is 5.32 Å². The fourth-order valence-electron chi connectivity index (χ4n) is 4.51. The molecule has 10 nitrogen and oxygen atoms in total. The average molecular weight is 561 g/mol. The second-order valence-corrected chi connectivity index (χ2v) is 12.8. The average Bonchev–Trinajstić information content (AvgIpc) is 3.51. The molecule has 1 saturated carbocycles. The van der Waals surface area contributed by atoms with Crippen molar-refractivity contribution in [3.05, 3.63) is 51.9 Å². The highest BCUT2D eigenvalue weighted by atomic mass is 32.3. The van der Waals surface area contributed by atoms with Crippen LogP contribution in [0.5, 0.6) is 0 Å². The molecule has 38 heavy (non-hydrogen) atoms. The highest BCUT2D eigenvalue weighted by molar-refractivity contribution is 8.27. The van der Waals surface area contributed by atoms with Crippen molar-refractivity contribution in [2.75, 3.05) is 18.4 Å². The van der Waals surface area contributed by atoms with E-state index in [9.17, 15) is 18.7 Å². The van der Waals surface area contributed by atoms with Crippen molar-refractivity contribution < 1.29 is 28.3 Å². The second-order valence-electron chi connectivity index (χ2n) is 9.64. The summed E-state index contributed by atoms with van der Waals surface area (Å²) in [6.07, 6.45) is 10.6. The van der Waals surface area contributed by atoms with Crippen molar-refractivity contribution in [3.8, 4) is 0 Å². The van der Waals surface area contributed by atoms with Crippen LogP contribution in [0.1, 0.15) is 55.4 Å². The van der Waals surface area contributed by atoms with Crippen LogP contribution in [0.2, 0.25) is 0 Å². The lowest BCUT2D eigenvalue weighted by Gasteiger charge is -2.30. The predicted molar refractivity (Wildman–Crippen MR) is 146 cm³/mol. The number of nitrogens with zero attached hydrogens (tertiary/aromatic N) is 3. The molecule has 1 aromatic carbocycles. The Hall–Kier alpha value is -2.77. The number of likely N-dealkylation sites (tertiary alicyclic amines) is 1. The Kier molecular flexibility index (Phi) is 8.44. The number of benzene rings is 1. The van der Waals surface area contributed by atoms with E-state index in [2.05, 4.69) is 15.5 Å². The number of carbonyl (C=O) groups is 2. The first kappa shape index (κ1) is 26.8. The van der Waals surface area contributed by atoms with Crippen LogP contribution in [0.3, 0.4) is 0 Å². The summed E-state index contributed by atoms with van der Waals surface area (Å²) in [7, 11) is -2.97. The van der Waals surface area contributed by atoms with Gasteiger partial charge in [0.05, 0.1) is 22.5 Å². The second kappa shape index (κ2) is 12.0. The van der Waals surface area contributed by atoms with Crippen molar-refractivity contribution >= 4 is 45.1 Å². The van der Waals surface area contributed by atoms with Gasteiger partial charge in [-0.1, -0.05) is 34.7 Å². The standard InChI is InChI=1S/C26H32N4O6S2/c31-17-30-13-11-19(12-14-30)35-16-21-15-27-26(37-21)28-25(32)24(29-36-20-3-1-2-4-20)18-5-7-22(8-6-18)38(33,34)23-9-10-23/h5-9,15,17,19-20,33-34H,1-4,10-14,16H2,(H,27,28,32). The number of hydrogen-bond acceptors (Lipinski definition) is 9. The van der Waals surface area contributed by atoms with Crippen molar-refractivity contribution in [3.63, 3.8) is 0 Å². The highest BCUT2D eigenvalue weighted by Gasteiger charge is 2.28. The summed E-state index contributed by atoms with van der Waals surface area (Å²) in [4.78, 5) is 37.8. The van der Waals surface area contributed by atoms with E-state index in [1.807, 2.05) is 0 Å². The van der Waals surface area contributed by atoms with Crippen molar-refractivity contribution in [2.45, 2.75) is 68.7 Å². The van der Waals surface area contributed by atoms with E-state index in [-0.39, 0.29) is 17.9 Å². The molecule has 2 heterocycles. The number of thiazole rings is 1. The van der Waals surface area contributed by atoms with Gasteiger partial charge in [0.15, 0.2) is 10.8 Å². The number of oxime groups is 1. The molecule has 0 spiro atoms. The number of rotatable bonds is 11. The molecule has 12 heteroatoms. The van der Waals surface area contributed by atoms with Crippen molar-refractivity contribution in [2.24, 2.45) is 5.16 Å². The Labute approximate surface area is 227 Å². The van der Waals surface area contributed by atoms with Gasteiger partial charge in [0.1, 0.15) is 6.10 Å². The minimum atomic E-state index is -2.97. The number of nitrogens with one attached hydrogen (secondary N) is 1. The summed E-state index contributed by atoms with van der Waals surface area (Å²) >= 11 is 1.33. The van der Waals surface area contributed by atoms with Crippen LogP contribution in [0.25, 0.3) is 0 Å². The molecule has 0 atom stereocenters. The molecule has 5 rings (SSSR count). The van der Waals surface area contributed by atoms with Crippen molar-refractivity contribution in [1.82, 2.24) is 9.88 Å². The Morgan fingerprint density at radius 2 is 1.87 bits per heavy atom. The van der Waals surface area contributed by atoms with Crippen LogP contribution in [-0.4, -0.2) is 62.3 Å². The van der Waals surface area contributed by atoms with Crippen LogP contribution in [0.15, 0.2) is 51.5 Å². The predicted octanol–water partition coefficient (Wildman–Crippen LogP) is 4.98. The zero-order valence-electron chi connectivity index (χ0n) is 21.0. The lowest BCUT2D eigenvalue weighted by atomic mass is 10.1. The van der Waals surface area contributed by atoms with Gasteiger partial charge in [-0.3, -0.25) is 24.0 Å². The molecule has 0 bridgehead atoms. The molecule has 2 aromatic rings. The van der Waals surface area contributed by atoms with E-state index < -0.39 is 16.5 Å². The van der Waals surface area contributed by atoms with E-state index in [1.165, 1.54) is 11.3 Å². The molecule has 1 saturated heterocycles. The Morgan fingerprint density at radius 3 is 2.53 bits per heavy atom. The third kappa shape index (κ3) is 6.62. The lowest BCUT2D eigenvalue weighted by molar-refractivity contribution is -0.120. The maximum Gasteiger partial charge on any atom is 0.280 e. The van der Waals surface area contributed by atoms with Gasteiger partial charge in [0.25, 0.3) is 5.91 Å². The van der Waals surface area contributed by atoms with E-state index in [0.29, 0.717) is 46.6 Å². The number of aromatic nitrogens is 1. The van der Waals surface area contributed by atoms with Crippen LogP contribution in [0.4, 0.5) is 5.13 Å². The largest absolute Gasteiger partial charge is 0.392 e. The third-order valence-electron chi connectivity index (χ3n) is 6.86. The number of allylic oxidation sites excluding steroid dienone is 2. The van der Waals surface area contributed by atoms with E-state index >= 15 is 0 Å². The minimum absolute atomic E-state index is 0.0205. The first-order chi connectivity index (χ1) is 18.4. The smallest absolute Gasteiger partial charge is 0.280 e. The number of carbonyl (C=O) groups excluding carboxylic acids is 2. The highest BCUT2D eigenvalue weighted by Crippen LogP contribution is 2.61. The van der Waals surface area contributed by atoms with E-state index in [1.54, 1.807) is 41.4 Å². The van der Waals surface area contributed by atoms with Gasteiger partial charge in [0.2, 0.25) is 6.41 Å².